The highest BCUT2D eigenvalue weighted by atomic mass is 19.4. The number of nitrogens with zero attached hydrogens (tertiary/aromatic N) is 1. The summed E-state index contributed by atoms with van der Waals surface area (Å²) in [7, 11) is 0. The second kappa shape index (κ2) is 10.4. The Morgan fingerprint density at radius 3 is 1.61 bits per heavy atom. The quantitative estimate of drug-likeness (QED) is 0.314. The number of benzene rings is 2. The van der Waals surface area contributed by atoms with Crippen LogP contribution in [0.2, 0.25) is 0 Å². The summed E-state index contributed by atoms with van der Waals surface area (Å²) in [5.41, 5.74) is 13.5. The first kappa shape index (κ1) is 27.3. The lowest BCUT2D eigenvalue weighted by molar-refractivity contribution is -0.138. The van der Waals surface area contributed by atoms with Crippen molar-refractivity contribution in [1.82, 2.24) is 0 Å². The number of hydrogen-bond donors (Lipinski definition) is 3. The van der Waals surface area contributed by atoms with Gasteiger partial charge in [-0.05, 0) is 29.8 Å². The van der Waals surface area contributed by atoms with Gasteiger partial charge in [-0.3, -0.25) is 0 Å². The van der Waals surface area contributed by atoms with Crippen LogP contribution in [0.3, 0.4) is 0 Å². The number of rotatable bonds is 1. The summed E-state index contributed by atoms with van der Waals surface area (Å²) >= 11 is 0. The molecule has 0 bridgehead atoms. The molecule has 0 atom stereocenters. The summed E-state index contributed by atoms with van der Waals surface area (Å²) < 4.78 is 73.6. The van der Waals surface area contributed by atoms with Crippen LogP contribution in [0.5, 0.6) is 0 Å². The zero-order valence-corrected chi connectivity index (χ0v) is 13.1. The Bertz CT molecular complexity index is 807. The fourth-order valence-corrected chi connectivity index (χ4v) is 1.91. The molecular formula is C18H22F6N4. The highest BCUT2D eigenvalue weighted by Crippen LogP contribution is 2.37. The molecule has 10 heteroatoms. The lowest BCUT2D eigenvalue weighted by Crippen LogP contribution is -2.12. The molecule has 6 N–H and O–H groups in total. The van der Waals surface area contributed by atoms with Crippen LogP contribution in [-0.4, -0.2) is 0 Å². The summed E-state index contributed by atoms with van der Waals surface area (Å²) in [6, 6.07) is 6.67. The molecule has 156 valence electrons. The smallest absolute Gasteiger partial charge is 0.399 e. The minimum Gasteiger partial charge on any atom is -0.399 e. The molecule has 0 aromatic heterocycles. The number of alkyl halides is 6. The fourth-order valence-electron chi connectivity index (χ4n) is 1.91. The minimum absolute atomic E-state index is 0. The zero-order valence-electron chi connectivity index (χ0n) is 13.1. The van der Waals surface area contributed by atoms with Gasteiger partial charge < -0.3 is 17.2 Å². The largest absolute Gasteiger partial charge is 0.416 e. The van der Waals surface area contributed by atoms with E-state index >= 15 is 0 Å². The number of nitrogens with two attached hydrogens (primary N) is 3. The van der Waals surface area contributed by atoms with Gasteiger partial charge in [0.2, 0.25) is 0 Å². The molecule has 0 spiro atoms. The first-order valence-corrected chi connectivity index (χ1v) is 6.90. The van der Waals surface area contributed by atoms with Gasteiger partial charge in [0.1, 0.15) is 0 Å². The lowest BCUT2D eigenvalue weighted by atomic mass is 10.1. The van der Waals surface area contributed by atoms with Gasteiger partial charge in [-0.1, -0.05) is 27.0 Å². The second-order valence-electron chi connectivity index (χ2n) is 5.00. The Morgan fingerprint density at radius 2 is 1.21 bits per heavy atom. The normalized spacial score (nSPS) is 10.5. The SMILES string of the molecule is C.C.NCc1ccc(N)cc1C(F)(F)F.[C-]#[N+]c1ccc(N)cc1C(F)(F)F. The molecule has 0 saturated heterocycles. The van der Waals surface area contributed by atoms with Crippen molar-refractivity contribution in [3.63, 3.8) is 0 Å². The minimum atomic E-state index is -4.52. The molecule has 0 unspecified atom stereocenters. The van der Waals surface area contributed by atoms with E-state index in [1.807, 2.05) is 0 Å². The van der Waals surface area contributed by atoms with Gasteiger partial charge in [0, 0.05) is 17.9 Å². The molecule has 0 radical (unpaired) electrons. The maximum absolute atomic E-state index is 12.3. The summed E-state index contributed by atoms with van der Waals surface area (Å²) in [5.74, 6) is 0. The van der Waals surface area contributed by atoms with Gasteiger partial charge in [0.25, 0.3) is 0 Å². The van der Waals surface area contributed by atoms with Crippen molar-refractivity contribution in [2.75, 3.05) is 11.5 Å². The molecule has 2 aromatic rings. The van der Waals surface area contributed by atoms with E-state index in [2.05, 4.69) is 4.85 Å². The lowest BCUT2D eigenvalue weighted by Gasteiger charge is -2.11. The molecule has 0 amide bonds. The number of halogens is 6. The Hall–Kier alpha value is -2.93. The Balaban J connectivity index is 0. The molecule has 0 heterocycles. The summed E-state index contributed by atoms with van der Waals surface area (Å²) in [6.07, 6.45) is -8.90. The van der Waals surface area contributed by atoms with E-state index in [0.717, 1.165) is 18.2 Å². The second-order valence-corrected chi connectivity index (χ2v) is 5.00. The Kier molecular flexibility index (Phi) is 10.2. The molecule has 28 heavy (non-hydrogen) atoms. The summed E-state index contributed by atoms with van der Waals surface area (Å²) in [6.45, 7) is 6.38. The van der Waals surface area contributed by atoms with E-state index in [1.165, 1.54) is 18.2 Å². The average molecular weight is 408 g/mol. The molecular weight excluding hydrogens is 386 g/mol. The third-order valence-electron chi connectivity index (χ3n) is 3.11. The molecule has 0 aliphatic heterocycles. The highest BCUT2D eigenvalue weighted by Gasteiger charge is 2.33. The van der Waals surface area contributed by atoms with Crippen LogP contribution in [0.1, 0.15) is 31.5 Å². The van der Waals surface area contributed by atoms with Gasteiger partial charge in [-0.25, -0.2) is 4.85 Å². The van der Waals surface area contributed by atoms with E-state index in [1.54, 1.807) is 0 Å². The third kappa shape index (κ3) is 7.36. The van der Waals surface area contributed by atoms with Crippen LogP contribution in [0.4, 0.5) is 43.4 Å². The predicted octanol–water partition coefficient (Wildman–Crippen LogP) is 5.86. The van der Waals surface area contributed by atoms with E-state index in [4.69, 9.17) is 23.8 Å². The van der Waals surface area contributed by atoms with Gasteiger partial charge in [-0.15, -0.1) is 0 Å². The van der Waals surface area contributed by atoms with Crippen LogP contribution >= 0.6 is 0 Å². The fraction of sp³-hybridized carbons (Fsp3) is 0.278. The van der Waals surface area contributed by atoms with Crippen molar-refractivity contribution in [1.29, 1.82) is 0 Å². The first-order chi connectivity index (χ1) is 11.9. The predicted molar refractivity (Wildman–Crippen MR) is 99.3 cm³/mol. The Morgan fingerprint density at radius 1 is 0.786 bits per heavy atom. The standard InChI is InChI=1S/C8H5F3N2.C8H9F3N2.2CH4/c1-13-7-3-2-5(12)4-6(7)8(9,10)11;9-8(10,11)7-3-6(13)2-1-5(7)4-12;;/h2-4H,12H2;1-3H,4,12-13H2;2*1H4. The third-order valence-corrected chi connectivity index (χ3v) is 3.11. The van der Waals surface area contributed by atoms with Crippen molar-refractivity contribution >= 4 is 17.1 Å². The maximum Gasteiger partial charge on any atom is 0.416 e. The molecule has 0 aliphatic carbocycles. The van der Waals surface area contributed by atoms with Gasteiger partial charge >= 0.3 is 12.4 Å². The summed E-state index contributed by atoms with van der Waals surface area (Å²) in [5, 5.41) is 0. The summed E-state index contributed by atoms with van der Waals surface area (Å²) in [4.78, 5) is 2.75. The van der Waals surface area contributed by atoms with Gasteiger partial charge in [0.15, 0.2) is 5.69 Å². The van der Waals surface area contributed by atoms with Crippen LogP contribution in [0.25, 0.3) is 4.85 Å². The van der Waals surface area contributed by atoms with E-state index in [0.29, 0.717) is 0 Å². The van der Waals surface area contributed by atoms with E-state index < -0.39 is 29.2 Å². The van der Waals surface area contributed by atoms with Crippen LogP contribution in [-0.2, 0) is 18.9 Å². The molecule has 2 rings (SSSR count). The van der Waals surface area contributed by atoms with E-state index in [-0.39, 0.29) is 38.3 Å². The highest BCUT2D eigenvalue weighted by molar-refractivity contribution is 5.59. The monoisotopic (exact) mass is 408 g/mol. The van der Waals surface area contributed by atoms with Gasteiger partial charge in [0.05, 0.1) is 17.7 Å². The first-order valence-electron chi connectivity index (χ1n) is 6.90. The van der Waals surface area contributed by atoms with Crippen molar-refractivity contribution in [2.45, 2.75) is 33.8 Å². The van der Waals surface area contributed by atoms with E-state index in [9.17, 15) is 26.3 Å². The van der Waals surface area contributed by atoms with Crippen molar-refractivity contribution < 1.29 is 26.3 Å². The number of hydrogen-bond acceptors (Lipinski definition) is 3. The van der Waals surface area contributed by atoms with Crippen LogP contribution < -0.4 is 17.2 Å². The molecule has 2 aromatic carbocycles. The Labute approximate surface area is 159 Å². The molecule has 0 aliphatic rings. The number of anilines is 2. The number of nitrogen functional groups attached to an aromatic ring is 2. The van der Waals surface area contributed by atoms with Gasteiger partial charge in [-0.2, -0.15) is 26.3 Å². The van der Waals surface area contributed by atoms with Crippen LogP contribution in [0.15, 0.2) is 36.4 Å². The average Bonchev–Trinajstić information content (AvgIpc) is 2.54. The van der Waals surface area contributed by atoms with Crippen molar-refractivity contribution in [3.8, 4) is 0 Å². The molecule has 0 fully saturated rings. The maximum atomic E-state index is 12.3. The molecule has 4 nitrogen and oxygen atoms in total. The molecule has 0 saturated carbocycles. The van der Waals surface area contributed by atoms with Crippen LogP contribution in [0, 0.1) is 6.57 Å². The zero-order chi connectivity index (χ0) is 20.1. The van der Waals surface area contributed by atoms with Crippen molar-refractivity contribution in [3.05, 3.63) is 64.5 Å². The van der Waals surface area contributed by atoms with Crippen molar-refractivity contribution in [2.24, 2.45) is 5.73 Å². The topological polar surface area (TPSA) is 82.4 Å².